The summed E-state index contributed by atoms with van der Waals surface area (Å²) >= 11 is 6.16. The van der Waals surface area contributed by atoms with Gasteiger partial charge in [-0.2, -0.15) is 0 Å². The molecule has 0 saturated carbocycles. The Morgan fingerprint density at radius 1 is 1.04 bits per heavy atom. The van der Waals surface area contributed by atoms with Gasteiger partial charge in [0.05, 0.1) is 10.6 Å². The Hall–Kier alpha value is -2.73. The zero-order chi connectivity index (χ0) is 19.5. The van der Waals surface area contributed by atoms with Gasteiger partial charge in [-0.1, -0.05) is 17.7 Å². The van der Waals surface area contributed by atoms with E-state index in [-0.39, 0.29) is 28.1 Å². The van der Waals surface area contributed by atoms with Crippen LogP contribution < -0.4 is 21.7 Å². The van der Waals surface area contributed by atoms with Gasteiger partial charge in [-0.05, 0) is 63.6 Å². The van der Waals surface area contributed by atoms with Crippen molar-refractivity contribution in [3.63, 3.8) is 0 Å². The van der Waals surface area contributed by atoms with Crippen molar-refractivity contribution in [2.75, 3.05) is 16.4 Å². The van der Waals surface area contributed by atoms with E-state index in [0.29, 0.717) is 17.1 Å². The van der Waals surface area contributed by atoms with Crippen molar-refractivity contribution in [3.05, 3.63) is 52.5 Å². The summed E-state index contributed by atoms with van der Waals surface area (Å²) in [5.41, 5.74) is 8.14. The number of hydrogen-bond donors (Lipinski definition) is 4. The van der Waals surface area contributed by atoms with E-state index in [4.69, 9.17) is 17.3 Å². The van der Waals surface area contributed by atoms with Crippen LogP contribution >= 0.6 is 11.6 Å². The number of rotatable bonds is 3. The van der Waals surface area contributed by atoms with Crippen molar-refractivity contribution >= 4 is 40.6 Å². The highest BCUT2D eigenvalue weighted by Gasteiger charge is 2.16. The van der Waals surface area contributed by atoms with E-state index < -0.39 is 0 Å². The van der Waals surface area contributed by atoms with Crippen LogP contribution in [0.3, 0.4) is 0 Å². The number of carbonyl (C=O) groups is 2. The van der Waals surface area contributed by atoms with E-state index in [1.807, 2.05) is 33.8 Å². The average molecular weight is 375 g/mol. The molecule has 0 bridgehead atoms. The van der Waals surface area contributed by atoms with Crippen LogP contribution in [0, 0.1) is 6.92 Å². The van der Waals surface area contributed by atoms with E-state index >= 15 is 0 Å². The summed E-state index contributed by atoms with van der Waals surface area (Å²) in [6, 6.07) is 9.62. The third-order valence-electron chi connectivity index (χ3n) is 3.47. The van der Waals surface area contributed by atoms with Crippen LogP contribution in [0.4, 0.5) is 21.9 Å². The Kier molecular flexibility index (Phi) is 5.77. The Bertz CT molecular complexity index is 844. The highest BCUT2D eigenvalue weighted by Crippen LogP contribution is 2.24. The van der Waals surface area contributed by atoms with Crippen molar-refractivity contribution in [1.82, 2.24) is 5.32 Å². The van der Waals surface area contributed by atoms with Crippen LogP contribution in [0.5, 0.6) is 0 Å². The molecule has 0 heterocycles. The molecule has 6 nitrogen and oxygen atoms in total. The second kappa shape index (κ2) is 7.66. The Balaban J connectivity index is 2.19. The van der Waals surface area contributed by atoms with E-state index in [1.54, 1.807) is 24.3 Å². The summed E-state index contributed by atoms with van der Waals surface area (Å²) in [6.07, 6.45) is 0. The molecule has 138 valence electrons. The maximum absolute atomic E-state index is 12.6. The van der Waals surface area contributed by atoms with Gasteiger partial charge in [-0.15, -0.1) is 0 Å². The van der Waals surface area contributed by atoms with Gasteiger partial charge in [0, 0.05) is 22.6 Å². The van der Waals surface area contributed by atoms with Crippen molar-refractivity contribution in [2.45, 2.75) is 33.2 Å². The molecule has 26 heavy (non-hydrogen) atoms. The molecule has 0 aliphatic rings. The van der Waals surface area contributed by atoms with Gasteiger partial charge < -0.3 is 21.7 Å². The van der Waals surface area contributed by atoms with Gasteiger partial charge in [-0.3, -0.25) is 4.79 Å². The van der Waals surface area contributed by atoms with Crippen molar-refractivity contribution in [1.29, 1.82) is 0 Å². The second-order valence-corrected chi connectivity index (χ2v) is 7.46. The molecule has 0 aromatic heterocycles. The molecule has 0 fully saturated rings. The van der Waals surface area contributed by atoms with Gasteiger partial charge in [0.1, 0.15) is 0 Å². The zero-order valence-electron chi connectivity index (χ0n) is 15.2. The molecule has 2 aromatic carbocycles. The predicted octanol–water partition coefficient (Wildman–Crippen LogP) is 4.40. The topological polar surface area (TPSA) is 96.2 Å². The molecule has 2 aromatic rings. The maximum atomic E-state index is 12.6. The molecule has 0 spiro atoms. The van der Waals surface area contributed by atoms with E-state index in [2.05, 4.69) is 16.0 Å². The predicted molar refractivity (Wildman–Crippen MR) is 107 cm³/mol. The van der Waals surface area contributed by atoms with Crippen LogP contribution in [0.25, 0.3) is 0 Å². The smallest absolute Gasteiger partial charge is 0.319 e. The summed E-state index contributed by atoms with van der Waals surface area (Å²) in [5, 5.41) is 8.56. The van der Waals surface area contributed by atoms with Gasteiger partial charge in [0.15, 0.2) is 0 Å². The number of hydrogen-bond acceptors (Lipinski definition) is 3. The lowest BCUT2D eigenvalue weighted by atomic mass is 10.1. The fraction of sp³-hybridized carbons (Fsp3) is 0.263. The minimum absolute atomic E-state index is 0.252. The van der Waals surface area contributed by atoms with Crippen LogP contribution in [0.1, 0.15) is 36.7 Å². The van der Waals surface area contributed by atoms with Crippen LogP contribution in [0.2, 0.25) is 5.02 Å². The average Bonchev–Trinajstić information content (AvgIpc) is 2.51. The summed E-state index contributed by atoms with van der Waals surface area (Å²) < 4.78 is 0. The maximum Gasteiger partial charge on any atom is 0.319 e. The third-order valence-corrected chi connectivity index (χ3v) is 3.80. The summed E-state index contributed by atoms with van der Waals surface area (Å²) in [6.45, 7) is 7.50. The standard InChI is InChI=1S/C19H23ClN4O2/c1-11-5-6-12(21)9-16(11)23-17(25)14-10-13(7-8-15(14)20)22-18(26)24-19(2,3)4/h5-10H,21H2,1-4H3,(H,23,25)(H2,22,24,26). The molecule has 3 amide bonds. The number of nitrogens with two attached hydrogens (primary N) is 1. The number of nitrogen functional groups attached to an aromatic ring is 1. The first-order chi connectivity index (χ1) is 12.0. The summed E-state index contributed by atoms with van der Waals surface area (Å²) in [4.78, 5) is 24.6. The second-order valence-electron chi connectivity index (χ2n) is 7.05. The summed E-state index contributed by atoms with van der Waals surface area (Å²) in [5.74, 6) is -0.386. The minimum atomic E-state index is -0.386. The lowest BCUT2D eigenvalue weighted by molar-refractivity contribution is 0.102. The fourth-order valence-corrected chi connectivity index (χ4v) is 2.45. The molecule has 0 aliphatic heterocycles. The Morgan fingerprint density at radius 3 is 2.38 bits per heavy atom. The molecule has 2 rings (SSSR count). The molecule has 0 atom stereocenters. The van der Waals surface area contributed by atoms with Crippen LogP contribution in [0.15, 0.2) is 36.4 Å². The molecule has 5 N–H and O–H groups in total. The molecular weight excluding hydrogens is 352 g/mol. The zero-order valence-corrected chi connectivity index (χ0v) is 16.0. The SMILES string of the molecule is Cc1ccc(N)cc1NC(=O)c1cc(NC(=O)NC(C)(C)C)ccc1Cl. The Morgan fingerprint density at radius 2 is 1.73 bits per heavy atom. The van der Waals surface area contributed by atoms with E-state index in [1.165, 1.54) is 6.07 Å². The molecule has 7 heteroatoms. The minimum Gasteiger partial charge on any atom is -0.399 e. The quantitative estimate of drug-likeness (QED) is 0.599. The number of nitrogens with one attached hydrogen (secondary N) is 3. The first-order valence-corrected chi connectivity index (χ1v) is 8.49. The normalized spacial score (nSPS) is 11.0. The highest BCUT2D eigenvalue weighted by atomic mass is 35.5. The number of urea groups is 1. The number of anilines is 3. The number of amides is 3. The monoisotopic (exact) mass is 374 g/mol. The van der Waals surface area contributed by atoms with Gasteiger partial charge in [0.25, 0.3) is 5.91 Å². The number of halogens is 1. The Labute approximate surface area is 158 Å². The molecule has 0 radical (unpaired) electrons. The first kappa shape index (κ1) is 19.6. The van der Waals surface area contributed by atoms with Crippen LogP contribution in [-0.2, 0) is 0 Å². The van der Waals surface area contributed by atoms with Gasteiger partial charge >= 0.3 is 6.03 Å². The summed E-state index contributed by atoms with van der Waals surface area (Å²) in [7, 11) is 0. The number of benzene rings is 2. The molecule has 0 aliphatic carbocycles. The van der Waals surface area contributed by atoms with E-state index in [9.17, 15) is 9.59 Å². The third kappa shape index (κ3) is 5.39. The number of carbonyl (C=O) groups excluding carboxylic acids is 2. The van der Waals surface area contributed by atoms with Crippen LogP contribution in [-0.4, -0.2) is 17.5 Å². The van der Waals surface area contributed by atoms with Crippen molar-refractivity contribution in [2.24, 2.45) is 0 Å². The van der Waals surface area contributed by atoms with E-state index in [0.717, 1.165) is 5.56 Å². The fourth-order valence-electron chi connectivity index (χ4n) is 2.24. The highest BCUT2D eigenvalue weighted by molar-refractivity contribution is 6.34. The lowest BCUT2D eigenvalue weighted by Gasteiger charge is -2.21. The van der Waals surface area contributed by atoms with Gasteiger partial charge in [0.2, 0.25) is 0 Å². The van der Waals surface area contributed by atoms with Crippen molar-refractivity contribution < 1.29 is 9.59 Å². The largest absolute Gasteiger partial charge is 0.399 e. The number of aryl methyl sites for hydroxylation is 1. The molecule has 0 unspecified atom stereocenters. The molecular formula is C19H23ClN4O2. The molecule has 0 saturated heterocycles. The van der Waals surface area contributed by atoms with Crippen molar-refractivity contribution in [3.8, 4) is 0 Å². The lowest BCUT2D eigenvalue weighted by Crippen LogP contribution is -2.43. The van der Waals surface area contributed by atoms with Gasteiger partial charge in [-0.25, -0.2) is 4.79 Å². The first-order valence-electron chi connectivity index (χ1n) is 8.11.